The van der Waals surface area contributed by atoms with E-state index in [4.69, 9.17) is 4.74 Å². The van der Waals surface area contributed by atoms with E-state index in [9.17, 15) is 19.5 Å². The van der Waals surface area contributed by atoms with Crippen LogP contribution < -0.4 is 10.6 Å². The first kappa shape index (κ1) is 25.9. The molecule has 2 aromatic rings. The smallest absolute Gasteiger partial charge is 0.250 e. The second-order valence-corrected chi connectivity index (χ2v) is 11.4. The minimum Gasteiger partial charge on any atom is -0.396 e. The first-order valence-corrected chi connectivity index (χ1v) is 13.6. The third kappa shape index (κ3) is 4.36. The molecule has 2 aromatic carbocycles. The summed E-state index contributed by atoms with van der Waals surface area (Å²) in [5.74, 6) is -2.34. The van der Waals surface area contributed by atoms with Crippen LogP contribution in [0.1, 0.15) is 29.5 Å². The molecule has 0 saturated carbocycles. The molecule has 3 unspecified atom stereocenters. The van der Waals surface area contributed by atoms with Gasteiger partial charge in [0.05, 0.1) is 17.9 Å². The van der Waals surface area contributed by atoms with Crippen LogP contribution in [-0.2, 0) is 25.7 Å². The van der Waals surface area contributed by atoms with Crippen LogP contribution in [0.2, 0.25) is 0 Å². The van der Waals surface area contributed by atoms with Gasteiger partial charge in [-0.25, -0.2) is 0 Å². The SMILES string of the molecule is Cc1cccc(C)c1NC(=O)C1N(CCCO)C(=O)[C@@H]2[C@@H](C(=O)NCc3ccccc3)[C@@H]3OC12CC3Br. The molecule has 9 heteroatoms. The van der Waals surface area contributed by atoms with E-state index in [1.165, 1.54) is 4.90 Å². The number of likely N-dealkylation sites (tertiary alicyclic amines) is 1. The lowest BCUT2D eigenvalue weighted by atomic mass is 9.70. The number of hydrogen-bond acceptors (Lipinski definition) is 5. The molecule has 3 N–H and O–H groups in total. The van der Waals surface area contributed by atoms with E-state index >= 15 is 0 Å². The molecule has 2 bridgehead atoms. The molecule has 0 aromatic heterocycles. The van der Waals surface area contributed by atoms with E-state index in [0.29, 0.717) is 25.1 Å². The number of hydrogen-bond donors (Lipinski definition) is 3. The van der Waals surface area contributed by atoms with E-state index in [1.807, 2.05) is 62.4 Å². The average Bonchev–Trinajstić information content (AvgIpc) is 3.47. The summed E-state index contributed by atoms with van der Waals surface area (Å²) in [5, 5.41) is 15.5. The van der Waals surface area contributed by atoms with Crippen molar-refractivity contribution in [3.63, 3.8) is 0 Å². The number of benzene rings is 2. The molecule has 196 valence electrons. The largest absolute Gasteiger partial charge is 0.396 e. The van der Waals surface area contributed by atoms with Crippen LogP contribution in [0.4, 0.5) is 5.69 Å². The molecule has 1 spiro atoms. The molecule has 3 aliphatic rings. The lowest BCUT2D eigenvalue weighted by Crippen LogP contribution is -2.54. The number of aliphatic hydroxyl groups is 1. The molecule has 3 saturated heterocycles. The molecule has 3 aliphatic heterocycles. The molecule has 3 amide bonds. The number of rotatable bonds is 8. The number of carbonyl (C=O) groups is 3. The van der Waals surface area contributed by atoms with Gasteiger partial charge in [0.1, 0.15) is 11.6 Å². The van der Waals surface area contributed by atoms with Crippen LogP contribution >= 0.6 is 15.9 Å². The van der Waals surface area contributed by atoms with Crippen LogP contribution in [0.5, 0.6) is 0 Å². The number of aliphatic hydroxyl groups excluding tert-OH is 1. The van der Waals surface area contributed by atoms with Gasteiger partial charge in [0.2, 0.25) is 17.7 Å². The Hall–Kier alpha value is -2.75. The lowest BCUT2D eigenvalue weighted by Gasteiger charge is -2.34. The van der Waals surface area contributed by atoms with Gasteiger partial charge >= 0.3 is 0 Å². The van der Waals surface area contributed by atoms with Gasteiger partial charge < -0.3 is 25.4 Å². The van der Waals surface area contributed by atoms with E-state index < -0.39 is 29.6 Å². The van der Waals surface area contributed by atoms with Crippen molar-refractivity contribution in [1.82, 2.24) is 10.2 Å². The first-order chi connectivity index (χ1) is 17.8. The molecular weight excluding hydrogens is 538 g/mol. The van der Waals surface area contributed by atoms with Crippen molar-refractivity contribution in [1.29, 1.82) is 0 Å². The zero-order valence-corrected chi connectivity index (χ0v) is 22.5. The minimum absolute atomic E-state index is 0.113. The third-order valence-corrected chi connectivity index (χ3v) is 8.78. The molecular formula is C28H32BrN3O5. The fraction of sp³-hybridized carbons (Fsp3) is 0.464. The van der Waals surface area contributed by atoms with Gasteiger partial charge in [-0.2, -0.15) is 0 Å². The number of aryl methyl sites for hydroxylation is 2. The monoisotopic (exact) mass is 569 g/mol. The molecule has 37 heavy (non-hydrogen) atoms. The molecule has 8 nitrogen and oxygen atoms in total. The van der Waals surface area contributed by atoms with Crippen molar-refractivity contribution < 1.29 is 24.2 Å². The van der Waals surface area contributed by atoms with Crippen molar-refractivity contribution in [3.8, 4) is 0 Å². The quantitative estimate of drug-likeness (QED) is 0.424. The predicted octanol–water partition coefficient (Wildman–Crippen LogP) is 2.69. The van der Waals surface area contributed by atoms with Crippen LogP contribution in [0.15, 0.2) is 48.5 Å². The summed E-state index contributed by atoms with van der Waals surface area (Å²) >= 11 is 3.68. The Morgan fingerprint density at radius 3 is 2.49 bits per heavy atom. The summed E-state index contributed by atoms with van der Waals surface area (Å²) in [6.45, 7) is 4.28. The van der Waals surface area contributed by atoms with Crippen molar-refractivity contribution in [2.75, 3.05) is 18.5 Å². The van der Waals surface area contributed by atoms with Crippen molar-refractivity contribution in [2.24, 2.45) is 11.8 Å². The maximum atomic E-state index is 13.9. The second kappa shape index (κ2) is 10.2. The number of carbonyl (C=O) groups excluding carboxylic acids is 3. The summed E-state index contributed by atoms with van der Waals surface area (Å²) in [5.41, 5.74) is 2.38. The van der Waals surface area contributed by atoms with Crippen molar-refractivity contribution in [3.05, 3.63) is 65.2 Å². The number of nitrogens with one attached hydrogen (secondary N) is 2. The summed E-state index contributed by atoms with van der Waals surface area (Å²) in [6.07, 6.45) is 0.255. The van der Waals surface area contributed by atoms with Gasteiger partial charge in [0.15, 0.2) is 0 Å². The molecule has 5 rings (SSSR count). The van der Waals surface area contributed by atoms with Gasteiger partial charge in [0, 0.05) is 30.2 Å². The predicted molar refractivity (Wildman–Crippen MR) is 142 cm³/mol. The first-order valence-electron chi connectivity index (χ1n) is 12.7. The summed E-state index contributed by atoms with van der Waals surface area (Å²) < 4.78 is 6.50. The highest BCUT2D eigenvalue weighted by molar-refractivity contribution is 9.09. The topological polar surface area (TPSA) is 108 Å². The highest BCUT2D eigenvalue weighted by Gasteiger charge is 2.76. The van der Waals surface area contributed by atoms with Gasteiger partial charge in [-0.3, -0.25) is 14.4 Å². The van der Waals surface area contributed by atoms with Gasteiger partial charge in [-0.15, -0.1) is 0 Å². The van der Waals surface area contributed by atoms with E-state index in [2.05, 4.69) is 26.6 Å². The Morgan fingerprint density at radius 2 is 1.81 bits per heavy atom. The standard InChI is InChI=1S/C28H32BrN3O5/c1-16-8-6-9-17(2)22(16)31-26(35)24-28-14-19(29)23(37-28)20(21(28)27(36)32(24)12-7-13-33)25(34)30-15-18-10-4-3-5-11-18/h3-6,8-11,19-21,23-24,33H,7,12-15H2,1-2H3,(H,30,34)(H,31,35)/t19?,20-,21+,23-,24?,28?/m1/s1. The van der Waals surface area contributed by atoms with Crippen LogP contribution in [0.25, 0.3) is 0 Å². The summed E-state index contributed by atoms with van der Waals surface area (Å²) in [7, 11) is 0. The van der Waals surface area contributed by atoms with Crippen LogP contribution in [0.3, 0.4) is 0 Å². The number of alkyl halides is 1. The van der Waals surface area contributed by atoms with Crippen molar-refractivity contribution in [2.45, 2.75) is 55.8 Å². The molecule has 0 radical (unpaired) electrons. The van der Waals surface area contributed by atoms with E-state index in [0.717, 1.165) is 16.7 Å². The summed E-state index contributed by atoms with van der Waals surface area (Å²) in [4.78, 5) is 42.6. The Bertz CT molecular complexity index is 1190. The second-order valence-electron chi connectivity index (χ2n) is 10.2. The maximum absolute atomic E-state index is 13.9. The molecule has 0 aliphatic carbocycles. The Labute approximate surface area is 224 Å². The number of para-hydroxylation sites is 1. The Kier molecular flexibility index (Phi) is 7.13. The Balaban J connectivity index is 1.46. The highest BCUT2D eigenvalue weighted by Crippen LogP contribution is 2.60. The normalized spacial score (nSPS) is 29.9. The molecule has 3 fully saturated rings. The number of fused-ring (bicyclic) bond motifs is 1. The molecule has 6 atom stereocenters. The third-order valence-electron chi connectivity index (χ3n) is 7.94. The van der Waals surface area contributed by atoms with Crippen molar-refractivity contribution >= 4 is 39.3 Å². The Morgan fingerprint density at radius 1 is 1.11 bits per heavy atom. The number of amides is 3. The van der Waals surface area contributed by atoms with E-state index in [1.54, 1.807) is 0 Å². The van der Waals surface area contributed by atoms with E-state index in [-0.39, 0.29) is 35.7 Å². The zero-order chi connectivity index (χ0) is 26.3. The highest BCUT2D eigenvalue weighted by atomic mass is 79.9. The fourth-order valence-electron chi connectivity index (χ4n) is 6.32. The zero-order valence-electron chi connectivity index (χ0n) is 20.9. The number of halogens is 1. The number of ether oxygens (including phenoxy) is 1. The minimum atomic E-state index is -1.12. The lowest BCUT2D eigenvalue weighted by molar-refractivity contribution is -0.141. The number of anilines is 1. The molecule has 3 heterocycles. The van der Waals surface area contributed by atoms with Gasteiger partial charge in [0.25, 0.3) is 0 Å². The maximum Gasteiger partial charge on any atom is 0.250 e. The van der Waals surface area contributed by atoms with Gasteiger partial charge in [-0.05, 0) is 43.4 Å². The number of nitrogens with zero attached hydrogens (tertiary/aromatic N) is 1. The fourth-order valence-corrected chi connectivity index (χ4v) is 7.26. The summed E-state index contributed by atoms with van der Waals surface area (Å²) in [6, 6.07) is 14.4. The van der Waals surface area contributed by atoms with Crippen LogP contribution in [0, 0.1) is 25.7 Å². The van der Waals surface area contributed by atoms with Gasteiger partial charge in [-0.1, -0.05) is 64.5 Å². The van der Waals surface area contributed by atoms with Crippen LogP contribution in [-0.4, -0.2) is 63.5 Å². The average molecular weight is 570 g/mol.